The molecule has 0 heterocycles. The highest BCUT2D eigenvalue weighted by Gasteiger charge is 2.14. The summed E-state index contributed by atoms with van der Waals surface area (Å²) in [5.74, 6) is 0.398. The number of amides is 1. The average Bonchev–Trinajstić information content (AvgIpc) is 2.67. The number of nitrogens with one attached hydrogen (secondary N) is 1. The molecule has 2 aromatic carbocycles. The van der Waals surface area contributed by atoms with Crippen LogP contribution < -0.4 is 14.8 Å². The molecule has 2 aromatic rings. The van der Waals surface area contributed by atoms with Gasteiger partial charge in [0, 0.05) is 12.1 Å². The lowest BCUT2D eigenvalue weighted by molar-refractivity contribution is -0.131. The molecule has 0 saturated heterocycles. The second-order valence-electron chi connectivity index (χ2n) is 5.46. The van der Waals surface area contributed by atoms with E-state index >= 15 is 0 Å². The van der Waals surface area contributed by atoms with Crippen molar-refractivity contribution in [2.75, 3.05) is 7.11 Å². The Labute approximate surface area is 155 Å². The zero-order valence-electron chi connectivity index (χ0n) is 14.9. The molecule has 0 radical (unpaired) electrons. The van der Waals surface area contributed by atoms with Crippen molar-refractivity contribution in [2.45, 2.75) is 26.2 Å². The topological polar surface area (TPSA) is 69.2 Å². The maximum atomic E-state index is 12.1. The Morgan fingerprint density at radius 2 is 1.89 bits per heavy atom. The second-order valence-corrected chi connectivity index (χ2v) is 5.46. The summed E-state index contributed by atoms with van der Waals surface area (Å²) in [6, 6.07) is 13.2. The standard InChI is InChI=1S/C19H20F2N2O4/c1-13(18(24)22-12-15-5-3-4-6-17(15)25-2)27-23-11-14-7-9-16(10-8-14)26-19(20)21/h3-11,13,19H,12H2,1-2H3,(H,22,24)/b23-11+. The summed E-state index contributed by atoms with van der Waals surface area (Å²) in [5.41, 5.74) is 1.45. The van der Waals surface area contributed by atoms with Gasteiger partial charge < -0.3 is 19.6 Å². The van der Waals surface area contributed by atoms with Gasteiger partial charge in [-0.15, -0.1) is 0 Å². The summed E-state index contributed by atoms with van der Waals surface area (Å²) < 4.78 is 33.7. The molecule has 0 aliphatic heterocycles. The fourth-order valence-corrected chi connectivity index (χ4v) is 2.14. The summed E-state index contributed by atoms with van der Waals surface area (Å²) in [6.07, 6.45) is 0.563. The number of nitrogens with zero attached hydrogens (tertiary/aromatic N) is 1. The van der Waals surface area contributed by atoms with Gasteiger partial charge in [0.15, 0.2) is 0 Å². The summed E-state index contributed by atoms with van der Waals surface area (Å²) in [4.78, 5) is 17.2. The minimum Gasteiger partial charge on any atom is -0.496 e. The van der Waals surface area contributed by atoms with E-state index in [0.717, 1.165) is 5.56 Å². The van der Waals surface area contributed by atoms with Crippen LogP contribution in [-0.2, 0) is 16.2 Å². The normalized spacial score (nSPS) is 12.0. The molecule has 144 valence electrons. The minimum atomic E-state index is -2.87. The van der Waals surface area contributed by atoms with Crippen molar-refractivity contribution in [3.05, 3.63) is 59.7 Å². The lowest BCUT2D eigenvalue weighted by atomic mass is 10.2. The number of benzene rings is 2. The quantitative estimate of drug-likeness (QED) is 0.537. The smallest absolute Gasteiger partial charge is 0.387 e. The number of alkyl halides is 2. The third kappa shape index (κ3) is 6.58. The number of halogens is 2. The van der Waals surface area contributed by atoms with Gasteiger partial charge in [0.1, 0.15) is 11.5 Å². The Balaban J connectivity index is 1.81. The van der Waals surface area contributed by atoms with Crippen molar-refractivity contribution in [3.8, 4) is 11.5 Å². The molecule has 0 aromatic heterocycles. The molecule has 0 spiro atoms. The fraction of sp³-hybridized carbons (Fsp3) is 0.263. The van der Waals surface area contributed by atoms with E-state index in [4.69, 9.17) is 9.57 Å². The monoisotopic (exact) mass is 378 g/mol. The zero-order chi connectivity index (χ0) is 19.6. The fourth-order valence-electron chi connectivity index (χ4n) is 2.14. The van der Waals surface area contributed by atoms with E-state index in [1.807, 2.05) is 24.3 Å². The first kappa shape index (κ1) is 20.2. The van der Waals surface area contributed by atoms with Crippen LogP contribution in [0, 0.1) is 0 Å². The van der Waals surface area contributed by atoms with Crippen LogP contribution in [0.25, 0.3) is 0 Å². The highest BCUT2D eigenvalue weighted by atomic mass is 19.3. The number of methoxy groups -OCH3 is 1. The van der Waals surface area contributed by atoms with Crippen LogP contribution >= 0.6 is 0 Å². The summed E-state index contributed by atoms with van der Waals surface area (Å²) >= 11 is 0. The molecule has 0 saturated carbocycles. The lowest BCUT2D eigenvalue weighted by Gasteiger charge is -2.12. The van der Waals surface area contributed by atoms with Crippen molar-refractivity contribution in [1.29, 1.82) is 0 Å². The van der Waals surface area contributed by atoms with Gasteiger partial charge >= 0.3 is 6.61 Å². The van der Waals surface area contributed by atoms with Gasteiger partial charge in [-0.3, -0.25) is 4.79 Å². The SMILES string of the molecule is COc1ccccc1CNC(=O)C(C)O/N=C/c1ccc(OC(F)F)cc1. The van der Waals surface area contributed by atoms with Crippen molar-refractivity contribution < 1.29 is 27.9 Å². The number of hydrogen-bond acceptors (Lipinski definition) is 5. The van der Waals surface area contributed by atoms with Gasteiger partial charge in [0.05, 0.1) is 13.3 Å². The lowest BCUT2D eigenvalue weighted by Crippen LogP contribution is -2.33. The van der Waals surface area contributed by atoms with E-state index in [1.165, 1.54) is 30.5 Å². The van der Waals surface area contributed by atoms with E-state index in [9.17, 15) is 13.6 Å². The molecule has 0 bridgehead atoms. The molecule has 2 rings (SSSR count). The predicted octanol–water partition coefficient (Wildman–Crippen LogP) is 3.35. The molecular formula is C19H20F2N2O4. The molecule has 0 aliphatic carbocycles. The Morgan fingerprint density at radius 3 is 2.56 bits per heavy atom. The largest absolute Gasteiger partial charge is 0.496 e. The molecule has 1 atom stereocenters. The number of hydrogen-bond donors (Lipinski definition) is 1. The van der Waals surface area contributed by atoms with Gasteiger partial charge in [-0.1, -0.05) is 23.4 Å². The first-order chi connectivity index (χ1) is 13.0. The molecule has 1 unspecified atom stereocenters. The summed E-state index contributed by atoms with van der Waals surface area (Å²) in [5, 5.41) is 6.48. The molecule has 1 N–H and O–H groups in total. The van der Waals surface area contributed by atoms with Gasteiger partial charge in [-0.2, -0.15) is 8.78 Å². The first-order valence-electron chi connectivity index (χ1n) is 8.13. The molecule has 6 nitrogen and oxygen atoms in total. The predicted molar refractivity (Wildman–Crippen MR) is 96.1 cm³/mol. The van der Waals surface area contributed by atoms with E-state index in [1.54, 1.807) is 14.0 Å². The first-order valence-corrected chi connectivity index (χ1v) is 8.13. The molecule has 27 heavy (non-hydrogen) atoms. The minimum absolute atomic E-state index is 0.0483. The van der Waals surface area contributed by atoms with Crippen LogP contribution in [0.3, 0.4) is 0 Å². The summed E-state index contributed by atoms with van der Waals surface area (Å²) in [6.45, 7) is -1.01. The van der Waals surface area contributed by atoms with Crippen LogP contribution in [0.15, 0.2) is 53.7 Å². The molecule has 0 aliphatic rings. The third-order valence-corrected chi connectivity index (χ3v) is 3.54. The Morgan fingerprint density at radius 1 is 1.19 bits per heavy atom. The number of ether oxygens (including phenoxy) is 2. The molecule has 8 heteroatoms. The van der Waals surface area contributed by atoms with E-state index in [0.29, 0.717) is 17.9 Å². The van der Waals surface area contributed by atoms with Crippen LogP contribution in [0.1, 0.15) is 18.1 Å². The molecule has 0 fully saturated rings. The van der Waals surface area contributed by atoms with Crippen molar-refractivity contribution in [2.24, 2.45) is 5.16 Å². The summed E-state index contributed by atoms with van der Waals surface area (Å²) in [7, 11) is 1.56. The molecular weight excluding hydrogens is 358 g/mol. The van der Waals surface area contributed by atoms with Crippen molar-refractivity contribution in [3.63, 3.8) is 0 Å². The maximum Gasteiger partial charge on any atom is 0.387 e. The van der Waals surface area contributed by atoms with Gasteiger partial charge in [0.2, 0.25) is 6.10 Å². The third-order valence-electron chi connectivity index (χ3n) is 3.54. The number of para-hydroxylation sites is 1. The van der Waals surface area contributed by atoms with Crippen LogP contribution in [0.2, 0.25) is 0 Å². The van der Waals surface area contributed by atoms with Crippen LogP contribution in [0.4, 0.5) is 8.78 Å². The van der Waals surface area contributed by atoms with E-state index < -0.39 is 12.7 Å². The highest BCUT2D eigenvalue weighted by Crippen LogP contribution is 2.17. The zero-order valence-corrected chi connectivity index (χ0v) is 14.9. The van der Waals surface area contributed by atoms with Crippen LogP contribution in [0.5, 0.6) is 11.5 Å². The number of rotatable bonds is 9. The molecule has 1 amide bonds. The Bertz CT molecular complexity index is 767. The second kappa shape index (κ2) is 10.1. The van der Waals surface area contributed by atoms with E-state index in [-0.39, 0.29) is 11.7 Å². The van der Waals surface area contributed by atoms with Crippen molar-refractivity contribution >= 4 is 12.1 Å². The number of carbonyl (C=O) groups is 1. The average molecular weight is 378 g/mol. The van der Waals surface area contributed by atoms with Crippen molar-refractivity contribution in [1.82, 2.24) is 5.32 Å². The highest BCUT2D eigenvalue weighted by molar-refractivity contribution is 5.81. The number of carbonyl (C=O) groups excluding carboxylic acids is 1. The Kier molecular flexibility index (Phi) is 7.54. The van der Waals surface area contributed by atoms with Gasteiger partial charge in [-0.05, 0) is 42.8 Å². The van der Waals surface area contributed by atoms with Gasteiger partial charge in [-0.25, -0.2) is 0 Å². The van der Waals surface area contributed by atoms with Gasteiger partial charge in [0.25, 0.3) is 5.91 Å². The van der Waals surface area contributed by atoms with Crippen LogP contribution in [-0.4, -0.2) is 31.9 Å². The maximum absolute atomic E-state index is 12.1. The number of oxime groups is 1. The Hall–Kier alpha value is -3.16. The van der Waals surface area contributed by atoms with E-state index in [2.05, 4.69) is 15.2 Å².